The second kappa shape index (κ2) is 2.19. The molecule has 1 aromatic rings. The summed E-state index contributed by atoms with van der Waals surface area (Å²) in [6.45, 7) is 0. The molecule has 4 heteroatoms. The molecule has 0 radical (unpaired) electrons. The highest BCUT2D eigenvalue weighted by molar-refractivity contribution is 6.66. The quantitative estimate of drug-likeness (QED) is 0.446. The van der Waals surface area contributed by atoms with Crippen LogP contribution in [0, 0.1) is 0 Å². The maximum atomic E-state index is 10.4. The fourth-order valence-electron chi connectivity index (χ4n) is 0.600. The van der Waals surface area contributed by atoms with Gasteiger partial charge in [-0.15, -0.1) is 0 Å². The Balaban J connectivity index is 3.08. The van der Waals surface area contributed by atoms with E-state index in [0.29, 0.717) is 5.82 Å². The minimum absolute atomic E-state index is 0.400. The van der Waals surface area contributed by atoms with Crippen molar-refractivity contribution >= 4 is 16.8 Å². The second-order valence-corrected chi connectivity index (χ2v) is 2.04. The van der Waals surface area contributed by atoms with Gasteiger partial charge in [-0.25, -0.2) is 9.55 Å². The monoisotopic (exact) mass is 145 g/mol. The molecule has 0 saturated heterocycles. The molecule has 0 aromatic carbocycles. The van der Waals surface area contributed by atoms with Gasteiger partial charge in [0, 0.05) is 0 Å². The standard InChI is InChI=1S/C5H5ClN2O/c1-8-3-2-7-5(8)4(6)9/h2-3H,1H3/p+1. The highest BCUT2D eigenvalue weighted by Gasteiger charge is 2.13. The SMILES string of the molecule is C[n+]1cc[nH]c1C(=O)Cl. The van der Waals surface area contributed by atoms with E-state index < -0.39 is 5.24 Å². The zero-order chi connectivity index (χ0) is 6.85. The molecule has 0 saturated carbocycles. The molecule has 0 unspecified atom stereocenters. The summed E-state index contributed by atoms with van der Waals surface area (Å²) < 4.78 is 1.62. The average molecular weight is 146 g/mol. The smallest absolute Gasteiger partial charge is 0.267 e. The van der Waals surface area contributed by atoms with E-state index in [9.17, 15) is 4.79 Å². The molecule has 0 spiro atoms. The van der Waals surface area contributed by atoms with E-state index in [0.717, 1.165) is 0 Å². The van der Waals surface area contributed by atoms with Crippen LogP contribution in [-0.4, -0.2) is 10.2 Å². The van der Waals surface area contributed by atoms with Gasteiger partial charge in [0.1, 0.15) is 12.4 Å². The van der Waals surface area contributed by atoms with Gasteiger partial charge in [0.15, 0.2) is 0 Å². The third-order valence-corrected chi connectivity index (χ3v) is 1.24. The third kappa shape index (κ3) is 1.10. The van der Waals surface area contributed by atoms with Gasteiger partial charge in [-0.2, -0.15) is 0 Å². The Labute approximate surface area is 57.3 Å². The maximum absolute atomic E-state index is 10.4. The minimum Gasteiger partial charge on any atom is -0.267 e. The van der Waals surface area contributed by atoms with Crippen LogP contribution in [0.3, 0.4) is 0 Å². The van der Waals surface area contributed by atoms with Crippen molar-refractivity contribution in [3.05, 3.63) is 18.2 Å². The van der Waals surface area contributed by atoms with Crippen LogP contribution in [0.15, 0.2) is 12.4 Å². The van der Waals surface area contributed by atoms with E-state index in [2.05, 4.69) is 4.98 Å². The molecule has 0 atom stereocenters. The first-order valence-electron chi connectivity index (χ1n) is 2.44. The fourth-order valence-corrected chi connectivity index (χ4v) is 0.788. The van der Waals surface area contributed by atoms with Crippen LogP contribution in [0.1, 0.15) is 10.6 Å². The topological polar surface area (TPSA) is 36.7 Å². The second-order valence-electron chi connectivity index (χ2n) is 1.69. The van der Waals surface area contributed by atoms with Crippen LogP contribution in [0.5, 0.6) is 0 Å². The lowest BCUT2D eigenvalue weighted by atomic mass is 10.7. The molecule has 0 bridgehead atoms. The number of rotatable bonds is 1. The lowest BCUT2D eigenvalue weighted by Crippen LogP contribution is -2.31. The van der Waals surface area contributed by atoms with E-state index in [1.165, 1.54) is 0 Å². The predicted molar refractivity (Wildman–Crippen MR) is 32.2 cm³/mol. The van der Waals surface area contributed by atoms with Crippen molar-refractivity contribution in [1.82, 2.24) is 4.98 Å². The normalized spacial score (nSPS) is 9.56. The molecule has 0 aliphatic heterocycles. The molecule has 48 valence electrons. The Kier molecular flexibility index (Phi) is 1.53. The molecule has 1 N–H and O–H groups in total. The number of hydrogen-bond donors (Lipinski definition) is 1. The van der Waals surface area contributed by atoms with Crippen LogP contribution < -0.4 is 4.57 Å². The molecule has 0 fully saturated rings. The molecular formula is C5H6ClN2O+. The number of nitrogens with one attached hydrogen (secondary N) is 1. The largest absolute Gasteiger partial charge is 0.339 e. The summed E-state index contributed by atoms with van der Waals surface area (Å²) in [5, 5.41) is -0.470. The van der Waals surface area contributed by atoms with Crippen molar-refractivity contribution in [3.8, 4) is 0 Å². The number of halogens is 1. The molecule has 3 nitrogen and oxygen atoms in total. The first kappa shape index (κ1) is 6.29. The van der Waals surface area contributed by atoms with Crippen LogP contribution in [0.2, 0.25) is 0 Å². The van der Waals surface area contributed by atoms with Crippen LogP contribution >= 0.6 is 11.6 Å². The maximum Gasteiger partial charge on any atom is 0.339 e. The van der Waals surface area contributed by atoms with Crippen molar-refractivity contribution in [3.63, 3.8) is 0 Å². The van der Waals surface area contributed by atoms with Gasteiger partial charge in [-0.1, -0.05) is 0 Å². The molecule has 9 heavy (non-hydrogen) atoms. The summed E-state index contributed by atoms with van der Waals surface area (Å²) in [6.07, 6.45) is 3.37. The van der Waals surface area contributed by atoms with Gasteiger partial charge in [0.05, 0.1) is 7.05 Å². The summed E-state index contributed by atoms with van der Waals surface area (Å²) in [7, 11) is 1.74. The van der Waals surface area contributed by atoms with E-state index in [1.807, 2.05) is 0 Å². The van der Waals surface area contributed by atoms with E-state index in [4.69, 9.17) is 11.6 Å². The highest BCUT2D eigenvalue weighted by atomic mass is 35.5. The van der Waals surface area contributed by atoms with Gasteiger partial charge < -0.3 is 0 Å². The summed E-state index contributed by atoms with van der Waals surface area (Å²) in [5.74, 6) is 0.400. The lowest BCUT2D eigenvalue weighted by molar-refractivity contribution is -0.671. The van der Waals surface area contributed by atoms with Gasteiger partial charge in [-0.05, 0) is 11.6 Å². The number of H-pyrrole nitrogens is 1. The first-order valence-corrected chi connectivity index (χ1v) is 2.82. The van der Waals surface area contributed by atoms with Gasteiger partial charge in [-0.3, -0.25) is 4.79 Å². The summed E-state index contributed by atoms with van der Waals surface area (Å²) in [5.41, 5.74) is 0. The number of carbonyl (C=O) groups excluding carboxylic acids is 1. The Morgan fingerprint density at radius 2 is 2.56 bits per heavy atom. The van der Waals surface area contributed by atoms with Crippen molar-refractivity contribution in [2.24, 2.45) is 7.05 Å². The molecule has 0 aliphatic carbocycles. The van der Waals surface area contributed by atoms with Crippen molar-refractivity contribution < 1.29 is 9.36 Å². The van der Waals surface area contributed by atoms with Crippen LogP contribution in [0.25, 0.3) is 0 Å². The number of hydrogen-bond acceptors (Lipinski definition) is 1. The van der Waals surface area contributed by atoms with Crippen LogP contribution in [-0.2, 0) is 7.05 Å². The zero-order valence-electron chi connectivity index (χ0n) is 4.89. The third-order valence-electron chi connectivity index (χ3n) is 1.06. The predicted octanol–water partition coefficient (Wildman–Crippen LogP) is 0.218. The summed E-state index contributed by atoms with van der Waals surface area (Å²) >= 11 is 5.16. The van der Waals surface area contributed by atoms with Crippen molar-refractivity contribution in [1.29, 1.82) is 0 Å². The Morgan fingerprint density at radius 1 is 1.89 bits per heavy atom. The number of carbonyl (C=O) groups is 1. The van der Waals surface area contributed by atoms with Crippen molar-refractivity contribution in [2.75, 3.05) is 0 Å². The molecule has 1 rings (SSSR count). The van der Waals surface area contributed by atoms with Gasteiger partial charge >= 0.3 is 11.1 Å². The van der Waals surface area contributed by atoms with E-state index in [1.54, 1.807) is 24.0 Å². The van der Waals surface area contributed by atoms with E-state index >= 15 is 0 Å². The zero-order valence-corrected chi connectivity index (χ0v) is 5.64. The minimum atomic E-state index is -0.470. The van der Waals surface area contributed by atoms with Crippen LogP contribution in [0.4, 0.5) is 0 Å². The van der Waals surface area contributed by atoms with Gasteiger partial charge in [0.25, 0.3) is 0 Å². The lowest BCUT2D eigenvalue weighted by Gasteiger charge is -1.81. The fraction of sp³-hybridized carbons (Fsp3) is 0.200. The Hall–Kier alpha value is -0.830. The van der Waals surface area contributed by atoms with Crippen molar-refractivity contribution in [2.45, 2.75) is 0 Å². The van der Waals surface area contributed by atoms with Gasteiger partial charge in [0.2, 0.25) is 0 Å². The number of nitrogens with zero attached hydrogens (tertiary/aromatic N) is 1. The molecule has 1 heterocycles. The summed E-state index contributed by atoms with van der Waals surface area (Å²) in [6, 6.07) is 0. The molecule has 1 aromatic heterocycles. The highest BCUT2D eigenvalue weighted by Crippen LogP contribution is 1.90. The molecule has 0 amide bonds. The number of aromatic nitrogens is 2. The van der Waals surface area contributed by atoms with E-state index in [-0.39, 0.29) is 0 Å². The number of imidazole rings is 1. The molecular weight excluding hydrogens is 140 g/mol. The Morgan fingerprint density at radius 3 is 2.78 bits per heavy atom. The summed E-state index contributed by atoms with van der Waals surface area (Å²) in [4.78, 5) is 13.1. The number of aryl methyl sites for hydroxylation is 1. The average Bonchev–Trinajstić information content (AvgIpc) is 2.13. The molecule has 0 aliphatic rings. The first-order chi connectivity index (χ1) is 4.22. The Bertz CT molecular complexity index is 231. The number of aromatic amines is 1.